The zero-order valence-corrected chi connectivity index (χ0v) is 21.1. The standard InChI is InChI=1S/C24H25BrF3NO4S/c1-15(30)23(2)11-16(12-23)8-17-13-29(21-10-19(25)6-7-22(21)33-14-17)34(31,32)20-5-3-4-18(9-20)24(26,27)28/h3-7,9-10,16-17H,8,11-14H2,1-2H3. The van der Waals surface area contributed by atoms with Gasteiger partial charge in [0.05, 0.1) is 22.8 Å². The molecule has 2 aliphatic rings. The van der Waals surface area contributed by atoms with Crippen molar-refractivity contribution in [3.05, 3.63) is 52.5 Å². The van der Waals surface area contributed by atoms with Gasteiger partial charge in [-0.2, -0.15) is 13.2 Å². The molecule has 1 aliphatic heterocycles. The number of anilines is 1. The van der Waals surface area contributed by atoms with Gasteiger partial charge < -0.3 is 4.74 Å². The first-order valence-electron chi connectivity index (χ1n) is 10.9. The lowest BCUT2D eigenvalue weighted by atomic mass is 9.59. The molecule has 1 atom stereocenters. The summed E-state index contributed by atoms with van der Waals surface area (Å²) >= 11 is 3.35. The van der Waals surface area contributed by atoms with Crippen molar-refractivity contribution < 1.29 is 31.1 Å². The van der Waals surface area contributed by atoms with Crippen LogP contribution in [-0.2, 0) is 21.0 Å². The van der Waals surface area contributed by atoms with Gasteiger partial charge in [-0.05, 0) is 68.5 Å². The fraction of sp³-hybridized carbons (Fsp3) is 0.458. The summed E-state index contributed by atoms with van der Waals surface area (Å²) in [6.07, 6.45) is -2.54. The minimum absolute atomic E-state index is 0.0648. The maximum Gasteiger partial charge on any atom is 0.416 e. The summed E-state index contributed by atoms with van der Waals surface area (Å²) < 4.78 is 74.8. The van der Waals surface area contributed by atoms with E-state index in [1.54, 1.807) is 25.1 Å². The van der Waals surface area contributed by atoms with E-state index < -0.39 is 26.7 Å². The third-order valence-electron chi connectivity index (χ3n) is 6.83. The third-order valence-corrected chi connectivity index (χ3v) is 9.10. The topological polar surface area (TPSA) is 63.7 Å². The van der Waals surface area contributed by atoms with Crippen LogP contribution < -0.4 is 9.04 Å². The molecule has 0 saturated heterocycles. The zero-order chi connectivity index (χ0) is 24.9. The van der Waals surface area contributed by atoms with E-state index in [9.17, 15) is 26.4 Å². The number of carbonyl (C=O) groups is 1. The van der Waals surface area contributed by atoms with Gasteiger partial charge in [0.1, 0.15) is 11.5 Å². The molecule has 1 fully saturated rings. The molecule has 0 amide bonds. The molecule has 0 bridgehead atoms. The van der Waals surface area contributed by atoms with Crippen molar-refractivity contribution in [2.24, 2.45) is 17.3 Å². The van der Waals surface area contributed by atoms with Gasteiger partial charge in [0.25, 0.3) is 10.0 Å². The van der Waals surface area contributed by atoms with Gasteiger partial charge in [-0.25, -0.2) is 8.42 Å². The molecule has 10 heteroatoms. The van der Waals surface area contributed by atoms with E-state index in [0.29, 0.717) is 22.7 Å². The lowest BCUT2D eigenvalue weighted by Gasteiger charge is -2.44. The minimum Gasteiger partial charge on any atom is -0.491 e. The van der Waals surface area contributed by atoms with Crippen molar-refractivity contribution in [3.63, 3.8) is 0 Å². The fourth-order valence-electron chi connectivity index (χ4n) is 4.87. The van der Waals surface area contributed by atoms with E-state index in [-0.39, 0.29) is 41.9 Å². The van der Waals surface area contributed by atoms with E-state index in [1.807, 2.05) is 6.92 Å². The van der Waals surface area contributed by atoms with E-state index in [2.05, 4.69) is 15.9 Å². The highest BCUT2D eigenvalue weighted by atomic mass is 79.9. The number of halogens is 4. The van der Waals surface area contributed by atoms with Crippen LogP contribution in [0.2, 0.25) is 0 Å². The number of sulfonamides is 1. The van der Waals surface area contributed by atoms with Crippen molar-refractivity contribution >= 4 is 37.4 Å². The van der Waals surface area contributed by atoms with Crippen LogP contribution >= 0.6 is 15.9 Å². The zero-order valence-electron chi connectivity index (χ0n) is 18.7. The first-order chi connectivity index (χ1) is 15.8. The molecule has 1 saturated carbocycles. The minimum atomic E-state index is -4.66. The van der Waals surface area contributed by atoms with Crippen molar-refractivity contribution in [1.29, 1.82) is 0 Å². The molecule has 1 unspecified atom stereocenters. The molecule has 1 aliphatic carbocycles. The first-order valence-corrected chi connectivity index (χ1v) is 13.2. The van der Waals surface area contributed by atoms with E-state index in [0.717, 1.165) is 29.3 Å². The van der Waals surface area contributed by atoms with E-state index >= 15 is 0 Å². The Balaban J connectivity index is 1.67. The second-order valence-corrected chi connectivity index (χ2v) is 12.3. The molecular weight excluding hydrogens is 535 g/mol. The van der Waals surface area contributed by atoms with Gasteiger partial charge in [-0.3, -0.25) is 9.10 Å². The average molecular weight is 560 g/mol. The third kappa shape index (κ3) is 4.84. The number of alkyl halides is 3. The van der Waals surface area contributed by atoms with Crippen LogP contribution in [-0.4, -0.2) is 27.4 Å². The summed E-state index contributed by atoms with van der Waals surface area (Å²) in [6, 6.07) is 8.75. The maximum absolute atomic E-state index is 13.6. The van der Waals surface area contributed by atoms with Crippen LogP contribution in [0.15, 0.2) is 51.8 Å². The Labute approximate surface area is 205 Å². The summed E-state index contributed by atoms with van der Waals surface area (Å²) in [7, 11) is -4.31. The van der Waals surface area contributed by atoms with Crippen LogP contribution in [0.1, 0.15) is 38.7 Å². The highest BCUT2D eigenvalue weighted by Gasteiger charge is 2.45. The number of ketones is 1. The molecule has 0 radical (unpaired) electrons. The molecule has 0 aromatic heterocycles. The fourth-order valence-corrected chi connectivity index (χ4v) is 6.81. The lowest BCUT2D eigenvalue weighted by molar-refractivity contribution is -0.137. The average Bonchev–Trinajstić information content (AvgIpc) is 2.91. The Hall–Kier alpha value is -2.07. The molecule has 0 N–H and O–H groups in total. The van der Waals surface area contributed by atoms with Crippen molar-refractivity contribution in [2.75, 3.05) is 17.5 Å². The van der Waals surface area contributed by atoms with Crippen LogP contribution in [0.5, 0.6) is 5.75 Å². The van der Waals surface area contributed by atoms with Crippen molar-refractivity contribution in [2.45, 2.75) is 44.2 Å². The molecule has 184 valence electrons. The van der Waals surface area contributed by atoms with Crippen LogP contribution in [0.4, 0.5) is 18.9 Å². The molecule has 1 heterocycles. The second kappa shape index (κ2) is 8.86. The molecule has 2 aromatic carbocycles. The van der Waals surface area contributed by atoms with Crippen molar-refractivity contribution in [1.82, 2.24) is 0 Å². The molecule has 2 aromatic rings. The second-order valence-electron chi connectivity index (χ2n) is 9.48. The molecule has 5 nitrogen and oxygen atoms in total. The molecular formula is C24H25BrF3NO4S. The quantitative estimate of drug-likeness (QED) is 0.446. The first kappa shape index (κ1) is 25.0. The number of Topliss-reactive ketones (excluding diaryl/α,β-unsaturated/α-hetero) is 1. The molecule has 34 heavy (non-hydrogen) atoms. The van der Waals surface area contributed by atoms with Gasteiger partial charge in [0.15, 0.2) is 0 Å². The summed E-state index contributed by atoms with van der Waals surface area (Å²) in [5.41, 5.74) is -1.09. The predicted octanol–water partition coefficient (Wildman–Crippen LogP) is 6.07. The monoisotopic (exact) mass is 559 g/mol. The Morgan fingerprint density at radius 1 is 1.18 bits per heavy atom. The number of carbonyl (C=O) groups excluding carboxylic acids is 1. The summed E-state index contributed by atoms with van der Waals surface area (Å²) in [5.74, 6) is 0.567. The van der Waals surface area contributed by atoms with Gasteiger partial charge in [0.2, 0.25) is 0 Å². The van der Waals surface area contributed by atoms with Crippen molar-refractivity contribution in [3.8, 4) is 5.75 Å². The van der Waals surface area contributed by atoms with Crippen LogP contribution in [0.3, 0.4) is 0 Å². The highest BCUT2D eigenvalue weighted by molar-refractivity contribution is 9.10. The smallest absolute Gasteiger partial charge is 0.416 e. The SMILES string of the molecule is CC(=O)C1(C)CC(CC2COc3ccc(Br)cc3N(S(=O)(=O)c3cccc(C(F)(F)F)c3)C2)C1. The van der Waals surface area contributed by atoms with E-state index in [1.165, 1.54) is 6.07 Å². The summed E-state index contributed by atoms with van der Waals surface area (Å²) in [4.78, 5) is 11.4. The Kier molecular flexibility index (Phi) is 6.52. The number of benzene rings is 2. The Morgan fingerprint density at radius 2 is 1.88 bits per heavy atom. The number of nitrogens with zero attached hydrogens (tertiary/aromatic N) is 1. The van der Waals surface area contributed by atoms with Gasteiger partial charge in [0, 0.05) is 22.4 Å². The Morgan fingerprint density at radius 3 is 2.53 bits per heavy atom. The van der Waals surface area contributed by atoms with Gasteiger partial charge in [-0.1, -0.05) is 28.9 Å². The largest absolute Gasteiger partial charge is 0.491 e. The van der Waals surface area contributed by atoms with Gasteiger partial charge >= 0.3 is 6.18 Å². The van der Waals surface area contributed by atoms with Crippen LogP contribution in [0.25, 0.3) is 0 Å². The highest BCUT2D eigenvalue weighted by Crippen LogP contribution is 2.49. The maximum atomic E-state index is 13.6. The number of ether oxygens (including phenoxy) is 1. The van der Waals surface area contributed by atoms with Gasteiger partial charge in [-0.15, -0.1) is 0 Å². The number of hydrogen-bond acceptors (Lipinski definition) is 4. The summed E-state index contributed by atoms with van der Waals surface area (Å²) in [6.45, 7) is 3.86. The predicted molar refractivity (Wildman–Crippen MR) is 125 cm³/mol. The Bertz CT molecular complexity index is 1210. The van der Waals surface area contributed by atoms with E-state index in [4.69, 9.17) is 4.74 Å². The number of rotatable bonds is 5. The normalized spacial score (nSPS) is 25.1. The molecule has 0 spiro atoms. The van der Waals surface area contributed by atoms with Crippen LogP contribution in [0, 0.1) is 17.3 Å². The molecule has 4 rings (SSSR count). The lowest BCUT2D eigenvalue weighted by Crippen LogP contribution is -2.43. The summed E-state index contributed by atoms with van der Waals surface area (Å²) in [5, 5.41) is 0. The number of hydrogen-bond donors (Lipinski definition) is 0. The number of fused-ring (bicyclic) bond motifs is 1.